The molecule has 0 unspecified atom stereocenters. The Bertz CT molecular complexity index is 1280. The average Bonchev–Trinajstić information content (AvgIpc) is 3.19. The van der Waals surface area contributed by atoms with Gasteiger partial charge in [0, 0.05) is 11.3 Å². The van der Waals surface area contributed by atoms with Crippen LogP contribution in [-0.4, -0.2) is 20.7 Å². The van der Waals surface area contributed by atoms with E-state index in [0.29, 0.717) is 11.4 Å². The summed E-state index contributed by atoms with van der Waals surface area (Å²) in [5, 5.41) is 7.44. The van der Waals surface area contributed by atoms with Gasteiger partial charge in [0.2, 0.25) is 5.82 Å². The molecule has 0 spiro atoms. The van der Waals surface area contributed by atoms with Crippen molar-refractivity contribution >= 4 is 11.6 Å². The number of anilines is 1. The zero-order valence-corrected chi connectivity index (χ0v) is 17.9. The molecular weight excluding hydrogens is 391 g/mol. The van der Waals surface area contributed by atoms with Gasteiger partial charge < -0.3 is 5.32 Å². The lowest BCUT2D eigenvalue weighted by molar-refractivity contribution is 0.101. The molecule has 0 fully saturated rings. The number of nitrogens with zero attached hydrogens (tertiary/aromatic N) is 3. The molecule has 0 saturated heterocycles. The number of nitrogens with one attached hydrogen (secondary N) is 1. The van der Waals surface area contributed by atoms with Crippen LogP contribution < -0.4 is 5.32 Å². The molecule has 31 heavy (non-hydrogen) atoms. The van der Waals surface area contributed by atoms with Crippen LogP contribution in [0.1, 0.15) is 32.9 Å². The molecule has 0 bridgehead atoms. The molecule has 0 aliphatic heterocycles. The van der Waals surface area contributed by atoms with Crippen LogP contribution in [0.15, 0.2) is 60.7 Å². The van der Waals surface area contributed by atoms with Crippen molar-refractivity contribution in [3.05, 3.63) is 94.6 Å². The van der Waals surface area contributed by atoms with Gasteiger partial charge in [-0.25, -0.2) is 14.1 Å². The number of carbonyl (C=O) groups is 1. The predicted molar refractivity (Wildman–Crippen MR) is 120 cm³/mol. The minimum Gasteiger partial charge on any atom is -0.319 e. The molecule has 1 heterocycles. The van der Waals surface area contributed by atoms with Crippen molar-refractivity contribution in [3.63, 3.8) is 0 Å². The number of benzene rings is 3. The molecule has 4 rings (SSSR count). The van der Waals surface area contributed by atoms with E-state index in [2.05, 4.69) is 15.4 Å². The number of amides is 1. The van der Waals surface area contributed by atoms with E-state index < -0.39 is 5.91 Å². The number of carbonyl (C=O) groups excluding carboxylic acids is 1. The lowest BCUT2D eigenvalue weighted by Crippen LogP contribution is -2.15. The highest BCUT2D eigenvalue weighted by molar-refractivity contribution is 6.02. The van der Waals surface area contributed by atoms with Crippen LogP contribution in [0.25, 0.3) is 17.1 Å². The third-order valence-electron chi connectivity index (χ3n) is 5.36. The standard InChI is InChI=1S/C25H23FN4O/c1-15-8-9-17(3)22(14-15)30-24(19-10-12-20(26)13-11-19)28-23(29-30)25(31)27-21-7-5-6-16(2)18(21)4/h5-14H,1-4H3,(H,27,31). The molecule has 0 aliphatic rings. The van der Waals surface area contributed by atoms with Gasteiger partial charge >= 0.3 is 0 Å². The van der Waals surface area contributed by atoms with E-state index in [1.807, 2.05) is 64.1 Å². The third kappa shape index (κ3) is 4.10. The van der Waals surface area contributed by atoms with Crippen LogP contribution in [0.5, 0.6) is 0 Å². The highest BCUT2D eigenvalue weighted by atomic mass is 19.1. The summed E-state index contributed by atoms with van der Waals surface area (Å²) in [6, 6.07) is 17.7. The Morgan fingerprint density at radius 3 is 2.42 bits per heavy atom. The number of hydrogen-bond donors (Lipinski definition) is 1. The fraction of sp³-hybridized carbons (Fsp3) is 0.160. The summed E-state index contributed by atoms with van der Waals surface area (Å²) in [6.07, 6.45) is 0. The molecule has 1 aromatic heterocycles. The summed E-state index contributed by atoms with van der Waals surface area (Å²) in [5.41, 5.74) is 6.32. The largest absolute Gasteiger partial charge is 0.319 e. The van der Waals surface area contributed by atoms with Crippen LogP contribution in [0.2, 0.25) is 0 Å². The Morgan fingerprint density at radius 1 is 0.935 bits per heavy atom. The lowest BCUT2D eigenvalue weighted by Gasteiger charge is -2.10. The van der Waals surface area contributed by atoms with Gasteiger partial charge in [-0.05, 0) is 86.3 Å². The molecule has 1 N–H and O–H groups in total. The molecular formula is C25H23FN4O. The van der Waals surface area contributed by atoms with E-state index in [1.54, 1.807) is 16.8 Å². The van der Waals surface area contributed by atoms with Gasteiger partial charge in [0.25, 0.3) is 5.91 Å². The molecule has 3 aromatic carbocycles. The van der Waals surface area contributed by atoms with Crippen molar-refractivity contribution in [1.82, 2.24) is 14.8 Å². The van der Waals surface area contributed by atoms with Crippen molar-refractivity contribution < 1.29 is 9.18 Å². The molecule has 0 radical (unpaired) electrons. The van der Waals surface area contributed by atoms with Crippen LogP contribution in [0.4, 0.5) is 10.1 Å². The Kier molecular flexibility index (Phi) is 5.38. The fourth-order valence-electron chi connectivity index (χ4n) is 3.37. The normalized spacial score (nSPS) is 10.9. The maximum absolute atomic E-state index is 13.5. The van der Waals surface area contributed by atoms with Crippen LogP contribution in [-0.2, 0) is 0 Å². The van der Waals surface area contributed by atoms with Crippen molar-refractivity contribution in [3.8, 4) is 17.1 Å². The smallest absolute Gasteiger partial charge is 0.295 e. The number of aromatic nitrogens is 3. The maximum Gasteiger partial charge on any atom is 0.295 e. The second kappa shape index (κ2) is 8.14. The topological polar surface area (TPSA) is 59.8 Å². The maximum atomic E-state index is 13.5. The van der Waals surface area contributed by atoms with E-state index in [0.717, 1.165) is 33.6 Å². The summed E-state index contributed by atoms with van der Waals surface area (Å²) in [5.74, 6) is -0.225. The van der Waals surface area contributed by atoms with Crippen LogP contribution in [0.3, 0.4) is 0 Å². The van der Waals surface area contributed by atoms with E-state index in [1.165, 1.54) is 12.1 Å². The van der Waals surface area contributed by atoms with Gasteiger partial charge in [-0.1, -0.05) is 24.3 Å². The first kappa shape index (κ1) is 20.5. The van der Waals surface area contributed by atoms with Crippen LogP contribution in [0, 0.1) is 33.5 Å². The quantitative estimate of drug-likeness (QED) is 0.476. The molecule has 0 aliphatic carbocycles. The Morgan fingerprint density at radius 2 is 1.68 bits per heavy atom. The van der Waals surface area contributed by atoms with Crippen molar-refractivity contribution in [2.75, 3.05) is 5.32 Å². The second-order valence-electron chi connectivity index (χ2n) is 7.67. The van der Waals surface area contributed by atoms with E-state index in [4.69, 9.17) is 0 Å². The minimum atomic E-state index is -0.402. The van der Waals surface area contributed by atoms with Crippen molar-refractivity contribution in [2.45, 2.75) is 27.7 Å². The van der Waals surface area contributed by atoms with E-state index in [9.17, 15) is 9.18 Å². The van der Waals surface area contributed by atoms with Gasteiger partial charge in [-0.3, -0.25) is 4.79 Å². The molecule has 0 saturated carbocycles. The molecule has 156 valence electrons. The average molecular weight is 414 g/mol. The van der Waals surface area contributed by atoms with Crippen LogP contribution >= 0.6 is 0 Å². The lowest BCUT2D eigenvalue weighted by atomic mass is 10.1. The van der Waals surface area contributed by atoms with Gasteiger partial charge in [-0.15, -0.1) is 5.10 Å². The fourth-order valence-corrected chi connectivity index (χ4v) is 3.37. The number of halogens is 1. The summed E-state index contributed by atoms with van der Waals surface area (Å²) in [7, 11) is 0. The summed E-state index contributed by atoms with van der Waals surface area (Å²) >= 11 is 0. The van der Waals surface area contributed by atoms with E-state index in [-0.39, 0.29) is 11.6 Å². The third-order valence-corrected chi connectivity index (χ3v) is 5.36. The van der Waals surface area contributed by atoms with Crippen molar-refractivity contribution in [1.29, 1.82) is 0 Å². The molecule has 0 atom stereocenters. The van der Waals surface area contributed by atoms with Crippen molar-refractivity contribution in [2.24, 2.45) is 0 Å². The summed E-state index contributed by atoms with van der Waals surface area (Å²) < 4.78 is 15.1. The monoisotopic (exact) mass is 414 g/mol. The zero-order valence-electron chi connectivity index (χ0n) is 17.9. The number of aryl methyl sites for hydroxylation is 3. The molecule has 6 heteroatoms. The Balaban J connectivity index is 1.81. The van der Waals surface area contributed by atoms with Gasteiger partial charge in [-0.2, -0.15) is 0 Å². The minimum absolute atomic E-state index is 0.0427. The first-order valence-corrected chi connectivity index (χ1v) is 10.0. The first-order valence-electron chi connectivity index (χ1n) is 10.0. The molecule has 5 nitrogen and oxygen atoms in total. The number of rotatable bonds is 4. The second-order valence-corrected chi connectivity index (χ2v) is 7.67. The Labute approximate surface area is 180 Å². The zero-order chi connectivity index (χ0) is 22.1. The van der Waals surface area contributed by atoms with Gasteiger partial charge in [0.15, 0.2) is 5.82 Å². The summed E-state index contributed by atoms with van der Waals surface area (Å²) in [6.45, 7) is 7.91. The number of hydrogen-bond acceptors (Lipinski definition) is 3. The SMILES string of the molecule is Cc1ccc(C)c(-n2nc(C(=O)Nc3cccc(C)c3C)nc2-c2ccc(F)cc2)c1. The highest BCUT2D eigenvalue weighted by Gasteiger charge is 2.20. The summed E-state index contributed by atoms with van der Waals surface area (Å²) in [4.78, 5) is 17.5. The first-order chi connectivity index (χ1) is 14.8. The Hall–Kier alpha value is -3.80. The van der Waals surface area contributed by atoms with Gasteiger partial charge in [0.1, 0.15) is 5.82 Å². The highest BCUT2D eigenvalue weighted by Crippen LogP contribution is 2.25. The predicted octanol–water partition coefficient (Wildman–Crippen LogP) is 5.56. The van der Waals surface area contributed by atoms with E-state index >= 15 is 0 Å². The van der Waals surface area contributed by atoms with Gasteiger partial charge in [0.05, 0.1) is 5.69 Å². The molecule has 4 aromatic rings. The molecule has 1 amide bonds.